The molecule has 0 fully saturated rings. The van der Waals surface area contributed by atoms with Gasteiger partial charge in [0.15, 0.2) is 5.65 Å². The van der Waals surface area contributed by atoms with E-state index < -0.39 is 29.0 Å². The van der Waals surface area contributed by atoms with E-state index in [4.69, 9.17) is 4.74 Å². The number of nitrogens with one attached hydrogen (secondary N) is 4. The number of aryl methyl sites for hydroxylation is 1. The van der Waals surface area contributed by atoms with Crippen LogP contribution in [0.15, 0.2) is 33.9 Å². The van der Waals surface area contributed by atoms with Crippen LogP contribution in [0.2, 0.25) is 0 Å². The summed E-state index contributed by atoms with van der Waals surface area (Å²) in [6, 6.07) is 6.12. The first-order valence-electron chi connectivity index (χ1n) is 10.1. The first-order valence-corrected chi connectivity index (χ1v) is 10.1. The van der Waals surface area contributed by atoms with E-state index in [0.717, 1.165) is 4.57 Å². The minimum absolute atomic E-state index is 0.0574. The molecule has 0 bridgehead atoms. The number of carbonyl (C=O) groups excluding carboxylic acids is 3. The molecule has 35 heavy (non-hydrogen) atoms. The zero-order chi connectivity index (χ0) is 25.3. The topological polar surface area (TPSA) is 199 Å². The summed E-state index contributed by atoms with van der Waals surface area (Å²) >= 11 is 0. The molecule has 0 saturated carbocycles. The summed E-state index contributed by atoms with van der Waals surface area (Å²) in [5.74, 6) is -1.73. The molecule has 3 aromatic heterocycles. The fourth-order valence-electron chi connectivity index (χ4n) is 3.23. The highest BCUT2D eigenvalue weighted by atomic mass is 16.5. The molecule has 3 heterocycles. The van der Waals surface area contributed by atoms with Gasteiger partial charge in [-0.1, -0.05) is 12.1 Å². The van der Waals surface area contributed by atoms with E-state index in [2.05, 4.69) is 35.8 Å². The molecule has 0 aliphatic rings. The van der Waals surface area contributed by atoms with Crippen molar-refractivity contribution in [1.82, 2.24) is 34.3 Å². The quantitative estimate of drug-likeness (QED) is 0.206. The molecule has 4 N–H and O–H groups in total. The second-order valence-electron chi connectivity index (χ2n) is 7.36. The summed E-state index contributed by atoms with van der Waals surface area (Å²) in [7, 11) is 2.80. The Morgan fingerprint density at radius 1 is 1.06 bits per heavy atom. The molecule has 0 saturated heterocycles. The molecule has 2 amide bonds. The number of esters is 1. The van der Waals surface area contributed by atoms with Gasteiger partial charge < -0.3 is 9.72 Å². The minimum atomic E-state index is -0.631. The standard InChI is InChI=1S/C20H19N9O6/c1-9(30)35-11-7-5-4-6-10(11)16(32)24-19-25-18(26-27-19)23-13(31)8-12-21-14-15(22-12)28(2)20(34)29(3)17(14)33/h4-7H,8H2,1-3H3,(H,21,22)(H3,23,24,25,26,27,31,32). The second-order valence-corrected chi connectivity index (χ2v) is 7.36. The lowest BCUT2D eigenvalue weighted by molar-refractivity contribution is -0.131. The van der Waals surface area contributed by atoms with Crippen LogP contribution in [0.3, 0.4) is 0 Å². The number of nitrogens with zero attached hydrogens (tertiary/aromatic N) is 5. The van der Waals surface area contributed by atoms with E-state index >= 15 is 0 Å². The highest BCUT2D eigenvalue weighted by Gasteiger charge is 2.18. The molecule has 4 rings (SSSR count). The molecule has 0 atom stereocenters. The van der Waals surface area contributed by atoms with Gasteiger partial charge in [0.2, 0.25) is 11.9 Å². The molecule has 0 aliphatic carbocycles. The molecule has 15 heteroatoms. The molecular formula is C20H19N9O6. The van der Waals surface area contributed by atoms with Gasteiger partial charge in [0, 0.05) is 21.0 Å². The van der Waals surface area contributed by atoms with Gasteiger partial charge in [-0.05, 0) is 12.1 Å². The average molecular weight is 481 g/mol. The first kappa shape index (κ1) is 23.1. The lowest BCUT2D eigenvalue weighted by Gasteiger charge is -2.07. The van der Waals surface area contributed by atoms with E-state index in [1.165, 1.54) is 37.7 Å². The summed E-state index contributed by atoms with van der Waals surface area (Å²) in [6.07, 6.45) is -0.260. The number of fused-ring (bicyclic) bond motifs is 1. The van der Waals surface area contributed by atoms with Crippen LogP contribution in [0.5, 0.6) is 5.75 Å². The van der Waals surface area contributed by atoms with Gasteiger partial charge in [0.25, 0.3) is 17.4 Å². The van der Waals surface area contributed by atoms with Crippen LogP contribution in [0, 0.1) is 0 Å². The van der Waals surface area contributed by atoms with Crippen molar-refractivity contribution in [2.45, 2.75) is 13.3 Å². The second kappa shape index (κ2) is 9.05. The Morgan fingerprint density at radius 3 is 2.54 bits per heavy atom. The minimum Gasteiger partial charge on any atom is -0.426 e. The molecule has 15 nitrogen and oxygen atoms in total. The number of anilines is 2. The smallest absolute Gasteiger partial charge is 0.332 e. The fourth-order valence-corrected chi connectivity index (χ4v) is 3.23. The van der Waals surface area contributed by atoms with Gasteiger partial charge in [-0.15, -0.1) is 5.10 Å². The van der Waals surface area contributed by atoms with E-state index in [0.29, 0.717) is 0 Å². The maximum absolute atomic E-state index is 12.5. The summed E-state index contributed by atoms with van der Waals surface area (Å²) in [5.41, 5.74) is -0.802. The number of ether oxygens (including phenoxy) is 1. The Bertz CT molecular complexity index is 1590. The highest BCUT2D eigenvalue weighted by molar-refractivity contribution is 6.05. The SMILES string of the molecule is CC(=O)Oc1ccccc1C(=O)Nc1n[nH]c(NC(=O)Cc2nc3c([nH]2)c(=O)n(C)c(=O)n3C)n1. The summed E-state index contributed by atoms with van der Waals surface area (Å²) < 4.78 is 7.14. The summed E-state index contributed by atoms with van der Waals surface area (Å²) in [4.78, 5) is 71.4. The van der Waals surface area contributed by atoms with Crippen LogP contribution in [0.4, 0.5) is 11.9 Å². The van der Waals surface area contributed by atoms with E-state index in [1.807, 2.05) is 0 Å². The Hall–Kier alpha value is -5.08. The molecule has 1 aromatic carbocycles. The predicted molar refractivity (Wildman–Crippen MR) is 121 cm³/mol. The van der Waals surface area contributed by atoms with Gasteiger partial charge >= 0.3 is 11.7 Å². The van der Waals surface area contributed by atoms with Crippen LogP contribution < -0.4 is 26.6 Å². The maximum atomic E-state index is 12.5. The number of hydrogen-bond donors (Lipinski definition) is 4. The van der Waals surface area contributed by atoms with Crippen LogP contribution in [-0.2, 0) is 30.1 Å². The van der Waals surface area contributed by atoms with Crippen LogP contribution >= 0.6 is 0 Å². The van der Waals surface area contributed by atoms with E-state index in [-0.39, 0.29) is 46.6 Å². The molecule has 0 aliphatic heterocycles. The van der Waals surface area contributed by atoms with Crippen molar-refractivity contribution in [1.29, 1.82) is 0 Å². The number of H-pyrrole nitrogens is 2. The van der Waals surface area contributed by atoms with Crippen molar-refractivity contribution in [2.75, 3.05) is 10.6 Å². The molecule has 0 radical (unpaired) electrons. The third-order valence-corrected chi connectivity index (χ3v) is 4.83. The number of benzene rings is 1. The van der Waals surface area contributed by atoms with Crippen molar-refractivity contribution in [3.63, 3.8) is 0 Å². The third kappa shape index (κ3) is 4.68. The van der Waals surface area contributed by atoms with Crippen molar-refractivity contribution in [3.05, 3.63) is 56.5 Å². The third-order valence-electron chi connectivity index (χ3n) is 4.83. The average Bonchev–Trinajstić information content (AvgIpc) is 3.43. The number of imidazole rings is 1. The highest BCUT2D eigenvalue weighted by Crippen LogP contribution is 2.19. The molecule has 0 spiro atoms. The lowest BCUT2D eigenvalue weighted by Crippen LogP contribution is -2.36. The van der Waals surface area contributed by atoms with Crippen LogP contribution in [-0.4, -0.2) is 52.1 Å². The van der Waals surface area contributed by atoms with E-state index in [1.54, 1.807) is 12.1 Å². The molecule has 4 aromatic rings. The van der Waals surface area contributed by atoms with E-state index in [9.17, 15) is 24.0 Å². The monoisotopic (exact) mass is 481 g/mol. The number of rotatable bonds is 6. The largest absolute Gasteiger partial charge is 0.426 e. The molecule has 180 valence electrons. The number of hydrogen-bond acceptors (Lipinski definition) is 9. The molecule has 0 unspecified atom stereocenters. The number of aromatic amines is 2. The van der Waals surface area contributed by atoms with Crippen LogP contribution in [0.1, 0.15) is 23.1 Å². The van der Waals surface area contributed by atoms with Crippen LogP contribution in [0.25, 0.3) is 11.2 Å². The zero-order valence-corrected chi connectivity index (χ0v) is 18.7. The molecular weight excluding hydrogens is 462 g/mol. The van der Waals surface area contributed by atoms with Gasteiger partial charge in [0.05, 0.1) is 12.0 Å². The summed E-state index contributed by atoms with van der Waals surface area (Å²) in [5, 5.41) is 11.2. The lowest BCUT2D eigenvalue weighted by atomic mass is 10.2. The van der Waals surface area contributed by atoms with Crippen molar-refractivity contribution in [3.8, 4) is 5.75 Å². The van der Waals surface area contributed by atoms with Gasteiger partial charge in [-0.3, -0.25) is 38.9 Å². The first-order chi connectivity index (χ1) is 16.6. The van der Waals surface area contributed by atoms with Crippen molar-refractivity contribution in [2.24, 2.45) is 14.1 Å². The van der Waals surface area contributed by atoms with Crippen molar-refractivity contribution >= 4 is 40.8 Å². The zero-order valence-electron chi connectivity index (χ0n) is 18.7. The summed E-state index contributed by atoms with van der Waals surface area (Å²) in [6.45, 7) is 1.21. The number of carbonyl (C=O) groups is 3. The number of amides is 2. The maximum Gasteiger partial charge on any atom is 0.332 e. The Morgan fingerprint density at radius 2 is 1.80 bits per heavy atom. The Kier molecular flexibility index (Phi) is 5.97. The fraction of sp³-hybridized carbons (Fsp3) is 0.200. The van der Waals surface area contributed by atoms with Gasteiger partial charge in [-0.25, -0.2) is 14.9 Å². The Balaban J connectivity index is 1.44. The normalized spacial score (nSPS) is 10.8. The Labute approximate surface area is 195 Å². The van der Waals surface area contributed by atoms with Crippen molar-refractivity contribution < 1.29 is 19.1 Å². The van der Waals surface area contributed by atoms with Gasteiger partial charge in [-0.2, -0.15) is 4.98 Å². The number of aromatic nitrogens is 7. The number of para-hydroxylation sites is 1. The predicted octanol–water partition coefficient (Wildman–Crippen LogP) is -0.563. The van der Waals surface area contributed by atoms with Gasteiger partial charge in [0.1, 0.15) is 17.1 Å².